The molecule has 1 aromatic carbocycles. The third kappa shape index (κ3) is 1.66. The van der Waals surface area contributed by atoms with Crippen molar-refractivity contribution in [3.05, 3.63) is 36.2 Å². The highest BCUT2D eigenvalue weighted by molar-refractivity contribution is 5.52. The van der Waals surface area contributed by atoms with Gasteiger partial charge in [-0.15, -0.1) is 0 Å². The molecule has 2 N–H and O–H groups in total. The average molecular weight is 203 g/mol. The lowest BCUT2D eigenvalue weighted by Crippen LogP contribution is -2.02. The van der Waals surface area contributed by atoms with Crippen LogP contribution >= 0.6 is 0 Å². The highest BCUT2D eigenvalue weighted by atomic mass is 16.5. The number of aryl methyl sites for hydroxylation is 1. The van der Waals surface area contributed by atoms with Crippen molar-refractivity contribution >= 4 is 5.95 Å². The Morgan fingerprint density at radius 1 is 1.40 bits per heavy atom. The molecule has 0 amide bonds. The molecule has 0 aliphatic carbocycles. The zero-order chi connectivity index (χ0) is 10.8. The van der Waals surface area contributed by atoms with Gasteiger partial charge in [-0.2, -0.15) is 0 Å². The lowest BCUT2D eigenvalue weighted by atomic mass is 10.2. The molecule has 0 atom stereocenters. The molecule has 0 aliphatic rings. The second kappa shape index (κ2) is 3.65. The van der Waals surface area contributed by atoms with Crippen molar-refractivity contribution in [2.24, 2.45) is 0 Å². The Morgan fingerprint density at radius 3 is 2.80 bits per heavy atom. The summed E-state index contributed by atoms with van der Waals surface area (Å²) in [5.74, 6) is 1.24. The van der Waals surface area contributed by atoms with Gasteiger partial charge in [0.2, 0.25) is 5.95 Å². The van der Waals surface area contributed by atoms with E-state index in [1.165, 1.54) is 0 Å². The van der Waals surface area contributed by atoms with Crippen molar-refractivity contribution in [2.75, 3.05) is 12.8 Å². The SMILES string of the molecule is COc1ccc(C)cc1-n1ccnc1N. The van der Waals surface area contributed by atoms with Crippen molar-refractivity contribution in [1.29, 1.82) is 0 Å². The van der Waals surface area contributed by atoms with E-state index in [4.69, 9.17) is 10.5 Å². The summed E-state index contributed by atoms with van der Waals surface area (Å²) in [7, 11) is 1.64. The second-order valence-corrected chi connectivity index (χ2v) is 3.33. The first-order valence-corrected chi connectivity index (χ1v) is 4.66. The lowest BCUT2D eigenvalue weighted by molar-refractivity contribution is 0.413. The van der Waals surface area contributed by atoms with Gasteiger partial charge in [-0.1, -0.05) is 6.07 Å². The molecule has 2 rings (SSSR count). The van der Waals surface area contributed by atoms with Crippen LogP contribution in [0.1, 0.15) is 5.56 Å². The van der Waals surface area contributed by atoms with Crippen molar-refractivity contribution < 1.29 is 4.74 Å². The number of nitrogens with two attached hydrogens (primary N) is 1. The quantitative estimate of drug-likeness (QED) is 0.809. The van der Waals surface area contributed by atoms with Gasteiger partial charge in [-0.3, -0.25) is 4.57 Å². The predicted molar refractivity (Wildman–Crippen MR) is 59.3 cm³/mol. The fourth-order valence-electron chi connectivity index (χ4n) is 1.51. The summed E-state index contributed by atoms with van der Waals surface area (Å²) in [6, 6.07) is 5.93. The van der Waals surface area contributed by atoms with Crippen LogP contribution < -0.4 is 10.5 Å². The number of nitrogen functional groups attached to an aromatic ring is 1. The predicted octanol–water partition coefficient (Wildman–Crippen LogP) is 1.77. The Hall–Kier alpha value is -1.97. The van der Waals surface area contributed by atoms with Crippen LogP contribution in [0.4, 0.5) is 5.95 Å². The minimum atomic E-state index is 0.457. The minimum absolute atomic E-state index is 0.457. The van der Waals surface area contributed by atoms with Crippen LogP contribution in [0.5, 0.6) is 5.75 Å². The van der Waals surface area contributed by atoms with Gasteiger partial charge in [0.25, 0.3) is 0 Å². The number of aromatic nitrogens is 2. The molecule has 1 aromatic heterocycles. The van der Waals surface area contributed by atoms with E-state index in [9.17, 15) is 0 Å². The maximum atomic E-state index is 5.74. The molecule has 4 heteroatoms. The topological polar surface area (TPSA) is 53.1 Å². The Kier molecular flexibility index (Phi) is 2.33. The lowest BCUT2D eigenvalue weighted by Gasteiger charge is -2.11. The molecule has 78 valence electrons. The van der Waals surface area contributed by atoms with E-state index in [-0.39, 0.29) is 0 Å². The Labute approximate surface area is 88.3 Å². The van der Waals surface area contributed by atoms with E-state index in [1.54, 1.807) is 17.9 Å². The summed E-state index contributed by atoms with van der Waals surface area (Å²) >= 11 is 0. The third-order valence-electron chi connectivity index (χ3n) is 2.26. The van der Waals surface area contributed by atoms with Crippen LogP contribution in [-0.2, 0) is 0 Å². The van der Waals surface area contributed by atoms with Gasteiger partial charge in [0.05, 0.1) is 12.8 Å². The van der Waals surface area contributed by atoms with Crippen LogP contribution in [0.2, 0.25) is 0 Å². The summed E-state index contributed by atoms with van der Waals surface area (Å²) in [6.45, 7) is 2.02. The molecule has 0 bridgehead atoms. The summed E-state index contributed by atoms with van der Waals surface area (Å²) in [5, 5.41) is 0. The Balaban J connectivity index is 2.60. The number of hydrogen-bond acceptors (Lipinski definition) is 3. The first-order valence-electron chi connectivity index (χ1n) is 4.66. The van der Waals surface area contributed by atoms with E-state index in [2.05, 4.69) is 4.98 Å². The van der Waals surface area contributed by atoms with Crippen LogP contribution in [0.3, 0.4) is 0 Å². The summed E-state index contributed by atoms with van der Waals surface area (Å²) in [4.78, 5) is 3.98. The average Bonchev–Trinajstić information content (AvgIpc) is 2.64. The van der Waals surface area contributed by atoms with Crippen LogP contribution in [0.15, 0.2) is 30.6 Å². The van der Waals surface area contributed by atoms with E-state index >= 15 is 0 Å². The van der Waals surface area contributed by atoms with Crippen molar-refractivity contribution in [3.8, 4) is 11.4 Å². The largest absolute Gasteiger partial charge is 0.495 e. The number of benzene rings is 1. The zero-order valence-corrected chi connectivity index (χ0v) is 8.77. The van der Waals surface area contributed by atoms with E-state index in [0.29, 0.717) is 5.95 Å². The maximum absolute atomic E-state index is 5.74. The van der Waals surface area contributed by atoms with Crippen molar-refractivity contribution in [2.45, 2.75) is 6.92 Å². The molecule has 0 aliphatic heterocycles. The molecule has 0 unspecified atom stereocenters. The molecule has 2 aromatic rings. The molecule has 4 nitrogen and oxygen atoms in total. The second-order valence-electron chi connectivity index (χ2n) is 3.33. The van der Waals surface area contributed by atoms with Gasteiger partial charge in [-0.25, -0.2) is 4.98 Å². The van der Waals surface area contributed by atoms with E-state index in [1.807, 2.05) is 31.3 Å². The third-order valence-corrected chi connectivity index (χ3v) is 2.26. The number of rotatable bonds is 2. The normalized spacial score (nSPS) is 10.3. The number of ether oxygens (including phenoxy) is 1. The number of methoxy groups -OCH3 is 1. The van der Waals surface area contributed by atoms with Gasteiger partial charge >= 0.3 is 0 Å². The molecule has 0 saturated heterocycles. The molecular formula is C11H13N3O. The maximum Gasteiger partial charge on any atom is 0.204 e. The first kappa shape index (κ1) is 9.58. The standard InChI is InChI=1S/C11H13N3O/c1-8-3-4-10(15-2)9(7-8)14-6-5-13-11(14)12/h3-7H,1-2H3,(H2,12,13). The van der Waals surface area contributed by atoms with Crippen molar-refractivity contribution in [3.63, 3.8) is 0 Å². The van der Waals surface area contributed by atoms with Gasteiger partial charge in [0.15, 0.2) is 0 Å². The molecule has 1 heterocycles. The fourth-order valence-corrected chi connectivity index (χ4v) is 1.51. The van der Waals surface area contributed by atoms with Crippen LogP contribution in [0, 0.1) is 6.92 Å². The highest BCUT2D eigenvalue weighted by Crippen LogP contribution is 2.25. The molecule has 0 saturated carbocycles. The fraction of sp³-hybridized carbons (Fsp3) is 0.182. The zero-order valence-electron chi connectivity index (χ0n) is 8.77. The summed E-state index contributed by atoms with van der Waals surface area (Å²) < 4.78 is 7.07. The molecule has 0 fully saturated rings. The van der Waals surface area contributed by atoms with Gasteiger partial charge in [-0.05, 0) is 24.6 Å². The molecule has 0 radical (unpaired) electrons. The minimum Gasteiger partial charge on any atom is -0.495 e. The van der Waals surface area contributed by atoms with Gasteiger partial charge in [0, 0.05) is 12.4 Å². The Morgan fingerprint density at radius 2 is 2.20 bits per heavy atom. The van der Waals surface area contributed by atoms with E-state index in [0.717, 1.165) is 17.0 Å². The van der Waals surface area contributed by atoms with Gasteiger partial charge < -0.3 is 10.5 Å². The number of anilines is 1. The highest BCUT2D eigenvalue weighted by Gasteiger charge is 2.07. The molecule has 15 heavy (non-hydrogen) atoms. The summed E-state index contributed by atoms with van der Waals surface area (Å²) in [5.41, 5.74) is 7.80. The smallest absolute Gasteiger partial charge is 0.204 e. The number of hydrogen-bond donors (Lipinski definition) is 1. The van der Waals surface area contributed by atoms with Gasteiger partial charge in [0.1, 0.15) is 5.75 Å². The van der Waals surface area contributed by atoms with Crippen molar-refractivity contribution in [1.82, 2.24) is 9.55 Å². The summed E-state index contributed by atoms with van der Waals surface area (Å²) in [6.07, 6.45) is 3.48. The van der Waals surface area contributed by atoms with Crippen LogP contribution in [0.25, 0.3) is 5.69 Å². The van der Waals surface area contributed by atoms with E-state index < -0.39 is 0 Å². The number of imidazole rings is 1. The molecule has 0 spiro atoms. The molecular weight excluding hydrogens is 190 g/mol. The first-order chi connectivity index (χ1) is 7.22. The number of nitrogens with zero attached hydrogens (tertiary/aromatic N) is 2. The monoisotopic (exact) mass is 203 g/mol. The Bertz CT molecular complexity index is 476. The van der Waals surface area contributed by atoms with Crippen LogP contribution in [-0.4, -0.2) is 16.7 Å².